The number of aliphatic hydroxyl groups excluding tert-OH is 1. The third kappa shape index (κ3) is 7.53. The fraction of sp³-hybridized carbons (Fsp3) is 0.444. The Labute approximate surface area is 211 Å². The molecule has 1 aliphatic heterocycles. The van der Waals surface area contributed by atoms with E-state index in [-0.39, 0.29) is 19.8 Å². The maximum Gasteiger partial charge on any atom is 0.412 e. The smallest absolute Gasteiger partial charge is 0.412 e. The summed E-state index contributed by atoms with van der Waals surface area (Å²) in [6, 6.07) is 18.5. The van der Waals surface area contributed by atoms with Crippen molar-refractivity contribution in [2.24, 2.45) is 5.92 Å². The van der Waals surface area contributed by atoms with Gasteiger partial charge in [0.05, 0.1) is 6.61 Å². The molecule has 9 nitrogen and oxygen atoms in total. The highest BCUT2D eigenvalue weighted by Gasteiger charge is 2.50. The summed E-state index contributed by atoms with van der Waals surface area (Å²) in [5, 5.41) is 13.9. The first kappa shape index (κ1) is 27.2. The van der Waals surface area contributed by atoms with Crippen LogP contribution >= 0.6 is 0 Å². The molecule has 0 saturated carbocycles. The van der Waals surface area contributed by atoms with Gasteiger partial charge in [-0.25, -0.2) is 4.79 Å². The molecule has 4 atom stereocenters. The van der Waals surface area contributed by atoms with Crippen molar-refractivity contribution >= 4 is 18.0 Å². The van der Waals surface area contributed by atoms with Crippen molar-refractivity contribution in [3.63, 3.8) is 0 Å². The summed E-state index contributed by atoms with van der Waals surface area (Å²) in [5.41, 5.74) is 0.808. The van der Waals surface area contributed by atoms with Crippen LogP contribution < -0.4 is 5.32 Å². The zero-order valence-electron chi connectivity index (χ0n) is 21.0. The number of carbonyl (C=O) groups excluding carboxylic acids is 3. The molecular weight excluding hydrogens is 464 g/mol. The number of rotatable bonds is 7. The third-order valence-corrected chi connectivity index (χ3v) is 5.58. The van der Waals surface area contributed by atoms with Gasteiger partial charge in [0, 0.05) is 13.5 Å². The van der Waals surface area contributed by atoms with Gasteiger partial charge in [0.1, 0.15) is 36.5 Å². The summed E-state index contributed by atoms with van der Waals surface area (Å²) >= 11 is 0. The van der Waals surface area contributed by atoms with Gasteiger partial charge in [-0.05, 0) is 31.9 Å². The van der Waals surface area contributed by atoms with Crippen molar-refractivity contribution in [2.45, 2.75) is 64.9 Å². The lowest BCUT2D eigenvalue weighted by Crippen LogP contribution is -2.68. The monoisotopic (exact) mass is 498 g/mol. The van der Waals surface area contributed by atoms with Crippen LogP contribution in [-0.2, 0) is 37.0 Å². The number of hydrogen-bond acceptors (Lipinski definition) is 7. The first-order valence-corrected chi connectivity index (χ1v) is 11.9. The second kappa shape index (κ2) is 12.0. The Balaban J connectivity index is 1.87. The molecule has 1 fully saturated rings. The Morgan fingerprint density at radius 1 is 0.972 bits per heavy atom. The Bertz CT molecular complexity index is 1020. The SMILES string of the molecule is CC(=O)N[C@@H]1[C@@H](O)[C@@H](OCc2ccccc2)[C@H](C(=O)OCc2ccccc2)CN1C(=O)OC(C)(C)C. The van der Waals surface area contributed by atoms with E-state index in [1.807, 2.05) is 60.7 Å². The van der Waals surface area contributed by atoms with Gasteiger partial charge in [0.2, 0.25) is 5.91 Å². The molecule has 2 aromatic carbocycles. The molecule has 194 valence electrons. The largest absolute Gasteiger partial charge is 0.460 e. The van der Waals surface area contributed by atoms with Crippen LogP contribution in [0.25, 0.3) is 0 Å². The average Bonchev–Trinajstić information content (AvgIpc) is 2.82. The number of hydrogen-bond donors (Lipinski definition) is 2. The van der Waals surface area contributed by atoms with Crippen LogP contribution in [0.5, 0.6) is 0 Å². The number of carbonyl (C=O) groups is 3. The minimum Gasteiger partial charge on any atom is -0.460 e. The number of likely N-dealkylation sites (tertiary alicyclic amines) is 1. The van der Waals surface area contributed by atoms with Crippen LogP contribution in [0.15, 0.2) is 60.7 Å². The maximum atomic E-state index is 13.2. The summed E-state index contributed by atoms with van der Waals surface area (Å²) in [6.07, 6.45) is -4.41. The molecule has 0 aromatic heterocycles. The highest BCUT2D eigenvalue weighted by Crippen LogP contribution is 2.29. The topological polar surface area (TPSA) is 114 Å². The van der Waals surface area contributed by atoms with Gasteiger partial charge in [-0.15, -0.1) is 0 Å². The van der Waals surface area contributed by atoms with Crippen molar-refractivity contribution in [1.29, 1.82) is 0 Å². The average molecular weight is 499 g/mol. The van der Waals surface area contributed by atoms with Crippen molar-refractivity contribution < 1.29 is 33.7 Å². The Morgan fingerprint density at radius 2 is 1.53 bits per heavy atom. The Morgan fingerprint density at radius 3 is 2.06 bits per heavy atom. The lowest BCUT2D eigenvalue weighted by atomic mass is 9.90. The van der Waals surface area contributed by atoms with E-state index in [0.29, 0.717) is 0 Å². The Hall–Kier alpha value is -3.43. The number of esters is 1. The zero-order valence-corrected chi connectivity index (χ0v) is 21.0. The lowest BCUT2D eigenvalue weighted by Gasteiger charge is -2.45. The molecule has 2 aromatic rings. The van der Waals surface area contributed by atoms with E-state index in [0.717, 1.165) is 16.0 Å². The molecule has 2 amide bonds. The molecule has 9 heteroatoms. The zero-order chi connectivity index (χ0) is 26.3. The molecule has 2 N–H and O–H groups in total. The van der Waals surface area contributed by atoms with E-state index >= 15 is 0 Å². The lowest BCUT2D eigenvalue weighted by molar-refractivity contribution is -0.179. The van der Waals surface area contributed by atoms with Crippen molar-refractivity contribution in [2.75, 3.05) is 6.54 Å². The molecular formula is C27H34N2O7. The molecule has 3 rings (SSSR count). The molecule has 0 unspecified atom stereocenters. The van der Waals surface area contributed by atoms with Gasteiger partial charge in [0.15, 0.2) is 0 Å². The summed E-state index contributed by atoms with van der Waals surface area (Å²) in [6.45, 7) is 6.36. The van der Waals surface area contributed by atoms with Gasteiger partial charge < -0.3 is 24.6 Å². The van der Waals surface area contributed by atoms with Gasteiger partial charge in [0.25, 0.3) is 0 Å². The number of piperidine rings is 1. The van der Waals surface area contributed by atoms with Crippen LogP contribution in [0.3, 0.4) is 0 Å². The number of ether oxygens (including phenoxy) is 3. The van der Waals surface area contributed by atoms with Gasteiger partial charge in [-0.2, -0.15) is 0 Å². The number of nitrogens with one attached hydrogen (secondary N) is 1. The van der Waals surface area contributed by atoms with Crippen LogP contribution in [0.4, 0.5) is 4.79 Å². The quantitative estimate of drug-likeness (QED) is 0.564. The number of amides is 2. The van der Waals surface area contributed by atoms with Gasteiger partial charge in [-0.1, -0.05) is 60.7 Å². The molecule has 0 spiro atoms. The molecule has 1 saturated heterocycles. The van der Waals surface area contributed by atoms with Crippen LogP contribution in [0, 0.1) is 5.92 Å². The second-order valence-corrected chi connectivity index (χ2v) is 9.73. The number of benzene rings is 2. The van der Waals surface area contributed by atoms with Crippen LogP contribution in [0.2, 0.25) is 0 Å². The minimum atomic E-state index is -1.42. The molecule has 1 heterocycles. The van der Waals surface area contributed by atoms with E-state index in [4.69, 9.17) is 14.2 Å². The molecule has 0 bridgehead atoms. The minimum absolute atomic E-state index is 0.0270. The predicted octanol–water partition coefficient (Wildman–Crippen LogP) is 3.01. The fourth-order valence-corrected chi connectivity index (χ4v) is 3.94. The first-order chi connectivity index (χ1) is 17.0. The third-order valence-electron chi connectivity index (χ3n) is 5.58. The van der Waals surface area contributed by atoms with Crippen LogP contribution in [0.1, 0.15) is 38.8 Å². The normalized spacial score (nSPS) is 22.0. The van der Waals surface area contributed by atoms with Crippen molar-refractivity contribution in [1.82, 2.24) is 10.2 Å². The summed E-state index contributed by atoms with van der Waals surface area (Å²) < 4.78 is 17.1. The fourth-order valence-electron chi connectivity index (χ4n) is 3.94. The van der Waals surface area contributed by atoms with Gasteiger partial charge in [-0.3, -0.25) is 14.5 Å². The summed E-state index contributed by atoms with van der Waals surface area (Å²) in [7, 11) is 0. The van der Waals surface area contributed by atoms with Crippen LogP contribution in [-0.4, -0.2) is 58.5 Å². The van der Waals surface area contributed by atoms with E-state index in [9.17, 15) is 19.5 Å². The summed E-state index contributed by atoms with van der Waals surface area (Å²) in [4.78, 5) is 39.4. The van der Waals surface area contributed by atoms with E-state index in [1.165, 1.54) is 6.92 Å². The van der Waals surface area contributed by atoms with E-state index in [2.05, 4.69) is 5.32 Å². The van der Waals surface area contributed by atoms with Crippen molar-refractivity contribution in [3.05, 3.63) is 71.8 Å². The predicted molar refractivity (Wildman–Crippen MR) is 131 cm³/mol. The van der Waals surface area contributed by atoms with Crippen molar-refractivity contribution in [3.8, 4) is 0 Å². The van der Waals surface area contributed by atoms with E-state index < -0.39 is 47.9 Å². The number of nitrogens with zero attached hydrogens (tertiary/aromatic N) is 1. The Kier molecular flexibility index (Phi) is 9.06. The number of aliphatic hydroxyl groups is 1. The first-order valence-electron chi connectivity index (χ1n) is 11.9. The van der Waals surface area contributed by atoms with E-state index in [1.54, 1.807) is 20.8 Å². The highest BCUT2D eigenvalue weighted by molar-refractivity contribution is 5.78. The summed E-state index contributed by atoms with van der Waals surface area (Å²) in [5.74, 6) is -2.12. The molecule has 0 aliphatic carbocycles. The molecule has 0 radical (unpaired) electrons. The molecule has 1 aliphatic rings. The highest BCUT2D eigenvalue weighted by atomic mass is 16.6. The maximum absolute atomic E-state index is 13.2. The standard InChI is InChI=1S/C27H34N2O7/c1-18(30)28-24-22(31)23(34-16-19-11-7-5-8-12-19)21(15-29(24)26(33)36-27(2,3)4)25(32)35-17-20-13-9-6-10-14-20/h5-14,21-24,31H,15-17H2,1-4H3,(H,28,30)/t21-,22+,23+,24+/m1/s1. The molecule has 36 heavy (non-hydrogen) atoms. The van der Waals surface area contributed by atoms with Gasteiger partial charge >= 0.3 is 12.1 Å². The second-order valence-electron chi connectivity index (χ2n) is 9.73.